The Hall–Kier alpha value is -2.82. The molecule has 1 heterocycles. The van der Waals surface area contributed by atoms with Gasteiger partial charge in [-0.05, 0) is 60.5 Å². The van der Waals surface area contributed by atoms with Crippen molar-refractivity contribution in [3.8, 4) is 11.5 Å². The number of halogens is 3. The second-order valence-corrected chi connectivity index (χ2v) is 7.41. The zero-order chi connectivity index (χ0) is 20.5. The molecule has 1 aliphatic heterocycles. The highest BCUT2D eigenvalue weighted by molar-refractivity contribution is 6.42. The average Bonchev–Trinajstić information content (AvgIpc) is 3.02. The molecule has 3 aromatic rings. The van der Waals surface area contributed by atoms with Crippen molar-refractivity contribution in [3.05, 3.63) is 98.5 Å². The van der Waals surface area contributed by atoms with Crippen LogP contribution in [-0.4, -0.2) is 5.78 Å². The molecule has 4 rings (SSSR count). The summed E-state index contributed by atoms with van der Waals surface area (Å²) in [6, 6.07) is 14.6. The molecule has 0 bridgehead atoms. The van der Waals surface area contributed by atoms with Crippen LogP contribution in [0.3, 0.4) is 0 Å². The molecular weight excluding hydrogens is 414 g/mol. The summed E-state index contributed by atoms with van der Waals surface area (Å²) in [6.07, 6.45) is 1.63. The molecule has 0 fully saturated rings. The van der Waals surface area contributed by atoms with Crippen LogP contribution in [0.2, 0.25) is 10.0 Å². The van der Waals surface area contributed by atoms with Crippen LogP contribution in [0.15, 0.2) is 60.4 Å². The molecule has 0 N–H and O–H groups in total. The second-order valence-electron chi connectivity index (χ2n) is 6.59. The molecule has 1 aliphatic rings. The highest BCUT2D eigenvalue weighted by Crippen LogP contribution is 2.39. The molecule has 3 aromatic carbocycles. The monoisotopic (exact) mass is 428 g/mol. The molecular formula is C23H15Cl2FO3. The molecule has 0 radical (unpaired) electrons. The first kappa shape index (κ1) is 19.5. The third-order valence-electron chi connectivity index (χ3n) is 4.59. The van der Waals surface area contributed by atoms with Crippen molar-refractivity contribution in [2.75, 3.05) is 0 Å². The lowest BCUT2D eigenvalue weighted by atomic mass is 10.1. The maximum absolute atomic E-state index is 13.0. The van der Waals surface area contributed by atoms with Gasteiger partial charge in [-0.3, -0.25) is 4.79 Å². The molecule has 0 saturated heterocycles. The quantitative estimate of drug-likeness (QED) is 0.437. The van der Waals surface area contributed by atoms with Crippen molar-refractivity contribution in [2.24, 2.45) is 0 Å². The minimum atomic E-state index is -0.296. The number of ether oxygens (including phenoxy) is 2. The smallest absolute Gasteiger partial charge is 0.231 e. The SMILES string of the molecule is Cc1c(OCc2ccc(F)cc2)ccc2c1O/C(=C\c1ccc(Cl)c(Cl)c1)C2=O. The minimum absolute atomic E-state index is 0.206. The third kappa shape index (κ3) is 4.00. The molecule has 0 aliphatic carbocycles. The molecule has 0 spiro atoms. The minimum Gasteiger partial charge on any atom is -0.488 e. The number of ketones is 1. The van der Waals surface area contributed by atoms with Crippen LogP contribution in [0, 0.1) is 12.7 Å². The van der Waals surface area contributed by atoms with Gasteiger partial charge in [0.05, 0.1) is 15.6 Å². The topological polar surface area (TPSA) is 35.5 Å². The summed E-state index contributed by atoms with van der Waals surface area (Å²) in [7, 11) is 0. The molecule has 29 heavy (non-hydrogen) atoms. The van der Waals surface area contributed by atoms with Crippen LogP contribution in [-0.2, 0) is 6.61 Å². The Morgan fingerprint density at radius 2 is 1.79 bits per heavy atom. The molecule has 0 saturated carbocycles. The zero-order valence-electron chi connectivity index (χ0n) is 15.3. The highest BCUT2D eigenvalue weighted by Gasteiger charge is 2.30. The third-order valence-corrected chi connectivity index (χ3v) is 5.32. The van der Waals surface area contributed by atoms with E-state index in [0.29, 0.717) is 32.7 Å². The molecule has 146 valence electrons. The number of hydrogen-bond donors (Lipinski definition) is 0. The Kier molecular flexibility index (Phi) is 5.31. The van der Waals surface area contributed by atoms with Crippen molar-refractivity contribution < 1.29 is 18.7 Å². The second kappa shape index (κ2) is 7.90. The fourth-order valence-corrected chi connectivity index (χ4v) is 3.33. The van der Waals surface area contributed by atoms with Gasteiger partial charge in [0, 0.05) is 5.56 Å². The van der Waals surface area contributed by atoms with Gasteiger partial charge in [-0.2, -0.15) is 0 Å². The van der Waals surface area contributed by atoms with Crippen LogP contribution in [0.1, 0.15) is 27.0 Å². The number of rotatable bonds is 4. The van der Waals surface area contributed by atoms with Gasteiger partial charge in [0.25, 0.3) is 0 Å². The van der Waals surface area contributed by atoms with Crippen LogP contribution in [0.25, 0.3) is 6.08 Å². The highest BCUT2D eigenvalue weighted by atomic mass is 35.5. The molecule has 0 atom stereocenters. The van der Waals surface area contributed by atoms with Crippen molar-refractivity contribution in [2.45, 2.75) is 13.5 Å². The summed E-state index contributed by atoms with van der Waals surface area (Å²) in [5.74, 6) is 0.765. The van der Waals surface area contributed by atoms with Crippen LogP contribution in [0.4, 0.5) is 4.39 Å². The van der Waals surface area contributed by atoms with Gasteiger partial charge in [0.1, 0.15) is 23.9 Å². The summed E-state index contributed by atoms with van der Waals surface area (Å²) in [6.45, 7) is 2.11. The largest absolute Gasteiger partial charge is 0.488 e. The number of carbonyl (C=O) groups is 1. The van der Waals surface area contributed by atoms with E-state index in [2.05, 4.69) is 0 Å². The van der Waals surface area contributed by atoms with Crippen LogP contribution >= 0.6 is 23.2 Å². The predicted octanol–water partition coefficient (Wildman–Crippen LogP) is 6.64. The van der Waals surface area contributed by atoms with E-state index in [4.69, 9.17) is 32.7 Å². The van der Waals surface area contributed by atoms with Crippen LogP contribution in [0.5, 0.6) is 11.5 Å². The lowest BCUT2D eigenvalue weighted by molar-refractivity contribution is 0.101. The van der Waals surface area contributed by atoms with Gasteiger partial charge in [0.2, 0.25) is 5.78 Å². The first-order valence-electron chi connectivity index (χ1n) is 8.82. The standard InChI is InChI=1S/C23H15Cl2FO3/c1-13-20(28-12-14-2-5-16(26)6-3-14)9-7-17-22(27)21(29-23(13)17)11-15-4-8-18(24)19(25)10-15/h2-11H,12H2,1H3/b21-11-. The fourth-order valence-electron chi connectivity index (χ4n) is 3.02. The van der Waals surface area contributed by atoms with Crippen LogP contribution < -0.4 is 9.47 Å². The molecule has 0 amide bonds. The number of allylic oxidation sites excluding steroid dienone is 1. The summed E-state index contributed by atoms with van der Waals surface area (Å²) >= 11 is 12.0. The van der Waals surface area contributed by atoms with Crippen molar-refractivity contribution in [1.29, 1.82) is 0 Å². The first-order chi connectivity index (χ1) is 13.9. The van der Waals surface area contributed by atoms with Gasteiger partial charge in [0.15, 0.2) is 5.76 Å². The molecule has 0 unspecified atom stereocenters. The van der Waals surface area contributed by atoms with E-state index in [-0.39, 0.29) is 24.0 Å². The van der Waals surface area contributed by atoms with E-state index >= 15 is 0 Å². The van der Waals surface area contributed by atoms with E-state index in [1.165, 1.54) is 12.1 Å². The lowest BCUT2D eigenvalue weighted by Crippen LogP contribution is -1.98. The lowest BCUT2D eigenvalue weighted by Gasteiger charge is -2.11. The maximum atomic E-state index is 13.0. The van der Waals surface area contributed by atoms with Gasteiger partial charge in [-0.15, -0.1) is 0 Å². The van der Waals surface area contributed by atoms with E-state index in [9.17, 15) is 9.18 Å². The zero-order valence-corrected chi connectivity index (χ0v) is 16.9. The Morgan fingerprint density at radius 1 is 1.03 bits per heavy atom. The first-order valence-corrected chi connectivity index (χ1v) is 9.58. The number of Topliss-reactive ketones (excluding diaryl/α,β-unsaturated/α-hetero) is 1. The van der Waals surface area contributed by atoms with E-state index in [1.54, 1.807) is 48.5 Å². The average molecular weight is 429 g/mol. The van der Waals surface area contributed by atoms with Gasteiger partial charge in [-0.25, -0.2) is 4.39 Å². The number of benzene rings is 3. The van der Waals surface area contributed by atoms with Gasteiger partial charge >= 0.3 is 0 Å². The summed E-state index contributed by atoms with van der Waals surface area (Å²) in [4.78, 5) is 12.7. The maximum Gasteiger partial charge on any atom is 0.231 e. The summed E-state index contributed by atoms with van der Waals surface area (Å²) in [5.41, 5.74) is 2.74. The van der Waals surface area contributed by atoms with E-state index < -0.39 is 0 Å². The Balaban J connectivity index is 1.57. The molecule has 6 heteroatoms. The Morgan fingerprint density at radius 3 is 2.52 bits per heavy atom. The molecule has 0 aromatic heterocycles. The van der Waals surface area contributed by atoms with E-state index in [1.807, 2.05) is 6.92 Å². The van der Waals surface area contributed by atoms with Gasteiger partial charge in [-0.1, -0.05) is 41.4 Å². The predicted molar refractivity (Wildman–Crippen MR) is 111 cm³/mol. The number of fused-ring (bicyclic) bond motifs is 1. The number of hydrogen-bond acceptors (Lipinski definition) is 3. The molecule has 3 nitrogen and oxygen atoms in total. The van der Waals surface area contributed by atoms with Crippen molar-refractivity contribution in [1.82, 2.24) is 0 Å². The van der Waals surface area contributed by atoms with Gasteiger partial charge < -0.3 is 9.47 Å². The van der Waals surface area contributed by atoms with Crippen molar-refractivity contribution in [3.63, 3.8) is 0 Å². The fraction of sp³-hybridized carbons (Fsp3) is 0.0870. The Bertz CT molecular complexity index is 1140. The summed E-state index contributed by atoms with van der Waals surface area (Å²) in [5, 5.41) is 0.839. The Labute approximate surface area is 177 Å². The number of carbonyl (C=O) groups excluding carboxylic acids is 1. The van der Waals surface area contributed by atoms with E-state index in [0.717, 1.165) is 11.1 Å². The van der Waals surface area contributed by atoms with Crippen molar-refractivity contribution >= 4 is 35.1 Å². The summed E-state index contributed by atoms with van der Waals surface area (Å²) < 4.78 is 24.7. The normalized spacial score (nSPS) is 14.1.